The Labute approximate surface area is 120 Å². The van der Waals surface area contributed by atoms with E-state index in [0.29, 0.717) is 0 Å². The maximum absolute atomic E-state index is 14.0. The van der Waals surface area contributed by atoms with E-state index in [4.69, 9.17) is 0 Å². The molecule has 0 bridgehead atoms. The van der Waals surface area contributed by atoms with Gasteiger partial charge in [0.2, 0.25) is 0 Å². The molecule has 0 aromatic heterocycles. The van der Waals surface area contributed by atoms with E-state index >= 15 is 0 Å². The first-order valence-electron chi connectivity index (χ1n) is 7.73. The number of hydrogen-bond donors (Lipinski definition) is 1. The molecule has 1 atom stereocenters. The molecule has 2 aliphatic rings. The highest BCUT2D eigenvalue weighted by Crippen LogP contribution is 2.27. The van der Waals surface area contributed by atoms with Gasteiger partial charge in [0, 0.05) is 56.9 Å². The zero-order chi connectivity index (χ0) is 13.9. The summed E-state index contributed by atoms with van der Waals surface area (Å²) in [6.45, 7) is 8.72. The van der Waals surface area contributed by atoms with E-state index < -0.39 is 0 Å². The van der Waals surface area contributed by atoms with Crippen molar-refractivity contribution in [2.75, 3.05) is 39.3 Å². The predicted molar refractivity (Wildman–Crippen MR) is 79.2 cm³/mol. The van der Waals surface area contributed by atoms with Gasteiger partial charge < -0.3 is 5.32 Å². The Hall–Kier alpha value is -0.970. The van der Waals surface area contributed by atoms with Gasteiger partial charge in [-0.25, -0.2) is 4.39 Å². The third-order valence-electron chi connectivity index (χ3n) is 4.72. The first-order chi connectivity index (χ1) is 9.79. The van der Waals surface area contributed by atoms with Gasteiger partial charge in [-0.3, -0.25) is 9.80 Å². The van der Waals surface area contributed by atoms with Gasteiger partial charge >= 0.3 is 0 Å². The van der Waals surface area contributed by atoms with E-state index in [2.05, 4.69) is 22.0 Å². The maximum Gasteiger partial charge on any atom is 0.127 e. The van der Waals surface area contributed by atoms with E-state index in [1.165, 1.54) is 0 Å². The number of halogens is 1. The minimum absolute atomic E-state index is 0.0648. The Morgan fingerprint density at radius 1 is 1.20 bits per heavy atom. The Morgan fingerprint density at radius 2 is 1.90 bits per heavy atom. The molecule has 2 aliphatic heterocycles. The van der Waals surface area contributed by atoms with E-state index in [9.17, 15) is 4.39 Å². The van der Waals surface area contributed by atoms with Crippen molar-refractivity contribution >= 4 is 0 Å². The molecule has 1 unspecified atom stereocenters. The van der Waals surface area contributed by atoms with Gasteiger partial charge in [-0.2, -0.15) is 0 Å². The average Bonchev–Trinajstić information content (AvgIpc) is 2.41. The summed E-state index contributed by atoms with van der Waals surface area (Å²) in [6.07, 6.45) is 0.964. The molecule has 0 radical (unpaired) electrons. The van der Waals surface area contributed by atoms with Crippen LogP contribution in [0.3, 0.4) is 0 Å². The fourth-order valence-electron chi connectivity index (χ4n) is 3.37. The number of rotatable bonds is 4. The molecule has 1 aromatic carbocycles. The highest BCUT2D eigenvalue weighted by Gasteiger charge is 2.30. The highest BCUT2D eigenvalue weighted by molar-refractivity contribution is 5.21. The molecule has 1 N–H and O–H groups in total. The van der Waals surface area contributed by atoms with Crippen molar-refractivity contribution in [2.24, 2.45) is 0 Å². The van der Waals surface area contributed by atoms with Crippen LogP contribution in [0.2, 0.25) is 0 Å². The summed E-state index contributed by atoms with van der Waals surface area (Å²) in [5, 5.41) is 3.33. The Morgan fingerprint density at radius 3 is 2.45 bits per heavy atom. The van der Waals surface area contributed by atoms with Crippen molar-refractivity contribution in [1.82, 2.24) is 15.1 Å². The normalized spacial score (nSPS) is 23.5. The summed E-state index contributed by atoms with van der Waals surface area (Å²) in [6, 6.07) is 8.17. The van der Waals surface area contributed by atoms with Crippen molar-refractivity contribution in [1.29, 1.82) is 0 Å². The number of benzene rings is 1. The minimum Gasteiger partial charge on any atom is -0.314 e. The quantitative estimate of drug-likeness (QED) is 0.906. The molecule has 110 valence electrons. The topological polar surface area (TPSA) is 18.5 Å². The number of nitrogens with one attached hydrogen (secondary N) is 1. The Balaban J connectivity index is 1.64. The molecule has 3 nitrogen and oxygen atoms in total. The highest BCUT2D eigenvalue weighted by atomic mass is 19.1. The molecule has 2 heterocycles. The third-order valence-corrected chi connectivity index (χ3v) is 4.72. The van der Waals surface area contributed by atoms with Crippen molar-refractivity contribution in [3.8, 4) is 0 Å². The molecule has 4 heteroatoms. The van der Waals surface area contributed by atoms with Gasteiger partial charge in [-0.05, 0) is 12.5 Å². The molecule has 2 fully saturated rings. The average molecular weight is 277 g/mol. The fraction of sp³-hybridized carbons (Fsp3) is 0.625. The molecule has 20 heavy (non-hydrogen) atoms. The van der Waals surface area contributed by atoms with Crippen molar-refractivity contribution in [3.05, 3.63) is 35.6 Å². The van der Waals surface area contributed by atoms with Crippen LogP contribution >= 0.6 is 0 Å². The van der Waals surface area contributed by atoms with Gasteiger partial charge in [0.05, 0.1) is 0 Å². The lowest BCUT2D eigenvalue weighted by molar-refractivity contribution is 0.0494. The van der Waals surface area contributed by atoms with Crippen molar-refractivity contribution in [3.63, 3.8) is 0 Å². The summed E-state index contributed by atoms with van der Waals surface area (Å²) < 4.78 is 14.0. The zero-order valence-electron chi connectivity index (χ0n) is 12.2. The van der Waals surface area contributed by atoms with Crippen LogP contribution < -0.4 is 5.32 Å². The predicted octanol–water partition coefficient (Wildman–Crippen LogP) is 1.87. The van der Waals surface area contributed by atoms with Crippen LogP contribution in [0.4, 0.5) is 4.39 Å². The largest absolute Gasteiger partial charge is 0.314 e. The zero-order valence-corrected chi connectivity index (χ0v) is 12.2. The van der Waals surface area contributed by atoms with Gasteiger partial charge in [0.15, 0.2) is 0 Å². The van der Waals surface area contributed by atoms with Crippen LogP contribution in [-0.4, -0.2) is 55.1 Å². The number of nitrogens with zero attached hydrogens (tertiary/aromatic N) is 2. The van der Waals surface area contributed by atoms with Gasteiger partial charge in [0.1, 0.15) is 5.82 Å². The van der Waals surface area contributed by atoms with Crippen LogP contribution in [0.5, 0.6) is 0 Å². The number of piperazine rings is 1. The second kappa shape index (κ2) is 6.20. The van der Waals surface area contributed by atoms with Crippen LogP contribution in [0.25, 0.3) is 0 Å². The van der Waals surface area contributed by atoms with Crippen LogP contribution in [0.1, 0.15) is 24.9 Å². The standard InChI is InChI=1S/C16H24FN3/c1-2-16(14-5-3-4-6-15(14)17)20-9-7-19(8-10-20)13-11-18-12-13/h3-6,13,16,18H,2,7-12H2,1H3. The lowest BCUT2D eigenvalue weighted by atomic mass is 10.0. The Kier molecular flexibility index (Phi) is 4.34. The lowest BCUT2D eigenvalue weighted by Gasteiger charge is -2.45. The van der Waals surface area contributed by atoms with E-state index in [1.807, 2.05) is 12.1 Å². The summed E-state index contributed by atoms with van der Waals surface area (Å²) >= 11 is 0. The molecule has 0 saturated carbocycles. The van der Waals surface area contributed by atoms with Gasteiger partial charge in [-0.1, -0.05) is 25.1 Å². The third kappa shape index (κ3) is 2.73. The summed E-state index contributed by atoms with van der Waals surface area (Å²) in [5.74, 6) is -0.0648. The van der Waals surface area contributed by atoms with Crippen LogP contribution in [0, 0.1) is 5.82 Å². The molecule has 2 saturated heterocycles. The lowest BCUT2D eigenvalue weighted by Crippen LogP contribution is -2.61. The SMILES string of the molecule is CCC(c1ccccc1F)N1CCN(C2CNC2)CC1. The van der Waals surface area contributed by atoms with Crippen LogP contribution in [-0.2, 0) is 0 Å². The second-order valence-electron chi connectivity index (χ2n) is 5.83. The molecule has 0 aliphatic carbocycles. The van der Waals surface area contributed by atoms with E-state index in [0.717, 1.165) is 57.3 Å². The van der Waals surface area contributed by atoms with Crippen molar-refractivity contribution < 1.29 is 4.39 Å². The molecule has 1 aromatic rings. The smallest absolute Gasteiger partial charge is 0.127 e. The monoisotopic (exact) mass is 277 g/mol. The molecule has 0 spiro atoms. The Bertz CT molecular complexity index is 439. The van der Waals surface area contributed by atoms with E-state index in [1.54, 1.807) is 12.1 Å². The van der Waals surface area contributed by atoms with E-state index in [-0.39, 0.29) is 11.9 Å². The van der Waals surface area contributed by atoms with Gasteiger partial charge in [0.25, 0.3) is 0 Å². The minimum atomic E-state index is -0.0648. The molecule has 3 rings (SSSR count). The maximum atomic E-state index is 14.0. The fourth-order valence-corrected chi connectivity index (χ4v) is 3.37. The molecular formula is C16H24FN3. The summed E-state index contributed by atoms with van der Waals surface area (Å²) in [7, 11) is 0. The molecule has 0 amide bonds. The van der Waals surface area contributed by atoms with Crippen LogP contribution in [0.15, 0.2) is 24.3 Å². The van der Waals surface area contributed by atoms with Gasteiger partial charge in [-0.15, -0.1) is 0 Å². The second-order valence-corrected chi connectivity index (χ2v) is 5.83. The summed E-state index contributed by atoms with van der Waals surface area (Å²) in [5.41, 5.74) is 0.855. The van der Waals surface area contributed by atoms with Crippen molar-refractivity contribution in [2.45, 2.75) is 25.4 Å². The first-order valence-corrected chi connectivity index (χ1v) is 7.73. The first kappa shape index (κ1) is 14.0. The number of hydrogen-bond acceptors (Lipinski definition) is 3. The summed E-state index contributed by atoms with van der Waals surface area (Å²) in [4.78, 5) is 5.02. The molecular weight excluding hydrogens is 253 g/mol.